The second-order valence-corrected chi connectivity index (χ2v) is 6.76. The smallest absolute Gasteiger partial charge is 0.147 e. The lowest BCUT2D eigenvalue weighted by atomic mass is 10.0. The molecule has 0 amide bonds. The molecule has 3 heterocycles. The first kappa shape index (κ1) is 15.1. The minimum atomic E-state index is 1.04. The lowest BCUT2D eigenvalue weighted by Gasteiger charge is -2.13. The van der Waals surface area contributed by atoms with Crippen molar-refractivity contribution in [2.45, 2.75) is 13.3 Å². The van der Waals surface area contributed by atoms with E-state index in [9.17, 15) is 0 Å². The van der Waals surface area contributed by atoms with E-state index < -0.39 is 0 Å². The van der Waals surface area contributed by atoms with Crippen LogP contribution in [0.25, 0.3) is 44.0 Å². The summed E-state index contributed by atoms with van der Waals surface area (Å²) in [6, 6.07) is 17.2. The van der Waals surface area contributed by atoms with Gasteiger partial charge in [0.05, 0.1) is 6.20 Å². The van der Waals surface area contributed by atoms with Gasteiger partial charge in [0.25, 0.3) is 0 Å². The van der Waals surface area contributed by atoms with Gasteiger partial charge in [-0.05, 0) is 10.8 Å². The number of aryl methyl sites for hydroxylation is 1. The van der Waals surface area contributed by atoms with Crippen LogP contribution >= 0.6 is 0 Å². The molecule has 3 nitrogen and oxygen atoms in total. The number of para-hydroxylation sites is 1. The zero-order valence-electron chi connectivity index (χ0n) is 15.0. The number of pyridine rings is 1. The number of fused-ring (bicyclic) bond motifs is 5. The quantitative estimate of drug-likeness (QED) is 0.357. The van der Waals surface area contributed by atoms with E-state index in [0.717, 1.165) is 17.5 Å². The van der Waals surface area contributed by atoms with E-state index in [1.54, 1.807) is 0 Å². The van der Waals surface area contributed by atoms with Gasteiger partial charge in [-0.25, -0.2) is 0 Å². The molecule has 0 aliphatic heterocycles. The molecule has 0 aliphatic rings. The largest absolute Gasteiger partial charge is 0.300 e. The molecule has 0 bridgehead atoms. The minimum absolute atomic E-state index is 1.04. The Balaban J connectivity index is 1.87. The van der Waals surface area contributed by atoms with Crippen molar-refractivity contribution in [3.63, 3.8) is 0 Å². The monoisotopic (exact) mass is 338 g/mol. The summed E-state index contributed by atoms with van der Waals surface area (Å²) in [6.07, 6.45) is 7.35. The normalized spacial score (nSPS) is 11.6. The number of nitrogens with one attached hydrogen (secondary N) is 1. The van der Waals surface area contributed by atoms with Crippen LogP contribution in [0.4, 0.5) is 0 Å². The summed E-state index contributed by atoms with van der Waals surface area (Å²) in [4.78, 5) is 8.17. The third kappa shape index (κ3) is 2.07. The summed E-state index contributed by atoms with van der Waals surface area (Å²) in [5.74, 6) is 0. The molecule has 128 valence electrons. The van der Waals surface area contributed by atoms with Crippen molar-refractivity contribution in [1.82, 2.24) is 4.98 Å². The third-order valence-corrected chi connectivity index (χ3v) is 5.19. The molecule has 2 aromatic carbocycles. The number of aromatic amines is 1. The van der Waals surface area contributed by atoms with Gasteiger partial charge in [0, 0.05) is 11.7 Å². The predicted octanol–water partition coefficient (Wildman–Crippen LogP) is 4.25. The maximum absolute atomic E-state index is 4.75. The van der Waals surface area contributed by atoms with Crippen LogP contribution in [-0.2, 0) is 7.05 Å². The van der Waals surface area contributed by atoms with Crippen LogP contribution in [0.5, 0.6) is 0 Å². The Morgan fingerprint density at radius 2 is 2.12 bits per heavy atom. The topological polar surface area (TPSA) is 30.9 Å². The minimum Gasteiger partial charge on any atom is -0.300 e. The fourth-order valence-corrected chi connectivity index (χ4v) is 4.01. The van der Waals surface area contributed by atoms with Crippen LogP contribution in [0.1, 0.15) is 18.9 Å². The number of nitrogens with zero attached hydrogens (tertiary/aromatic N) is 2. The molecule has 0 fully saturated rings. The Kier molecular flexibility index (Phi) is 3.29. The molecule has 0 saturated carbocycles. The molecule has 0 radical (unpaired) electrons. The highest BCUT2D eigenvalue weighted by Gasteiger charge is 2.16. The molecular weight excluding hydrogens is 318 g/mol. The van der Waals surface area contributed by atoms with Crippen LogP contribution in [0.2, 0.25) is 0 Å². The zero-order valence-corrected chi connectivity index (χ0v) is 15.0. The fraction of sp³-hybridized carbons (Fsp3) is 0.130. The second-order valence-electron chi connectivity index (χ2n) is 6.76. The average Bonchev–Trinajstić information content (AvgIpc) is 3.22. The standard InChI is InChI=1S/C23H20N3/c1-3-7-15-8-6-9-16(12-15)18-13-24-19-14-25-22-17-10-4-5-11-20(17)26(2)23(22)21(18)19/h4-14,24H,3H2,1-2H3/q-1. The molecule has 26 heavy (non-hydrogen) atoms. The molecule has 5 aromatic rings. The Morgan fingerprint density at radius 1 is 1.19 bits per heavy atom. The van der Waals surface area contributed by atoms with E-state index in [1.165, 1.54) is 38.5 Å². The van der Waals surface area contributed by atoms with E-state index >= 15 is 0 Å². The summed E-state index contributed by atoms with van der Waals surface area (Å²) in [7, 11) is 2.13. The van der Waals surface area contributed by atoms with Crippen molar-refractivity contribution in [3.05, 3.63) is 72.9 Å². The highest BCUT2D eigenvalue weighted by Crippen LogP contribution is 2.33. The van der Waals surface area contributed by atoms with Crippen LogP contribution < -0.4 is 9.55 Å². The lowest BCUT2D eigenvalue weighted by molar-refractivity contribution is -0.615. The van der Waals surface area contributed by atoms with Gasteiger partial charge in [0.2, 0.25) is 0 Å². The first-order chi connectivity index (χ1) is 12.8. The van der Waals surface area contributed by atoms with Crippen molar-refractivity contribution in [1.29, 1.82) is 0 Å². The van der Waals surface area contributed by atoms with Crippen molar-refractivity contribution < 1.29 is 9.55 Å². The first-order valence-corrected chi connectivity index (χ1v) is 9.05. The van der Waals surface area contributed by atoms with Gasteiger partial charge < -0.3 is 0 Å². The number of hydrogen-bond donors (Lipinski definition) is 0. The highest BCUT2D eigenvalue weighted by molar-refractivity contribution is 6.14. The SMILES string of the molecule is CC[CH-]c1cccc(-c2c[nH+][c-]3cnc4c5cccc[c-]5[n+](C)c4c23)c1. The van der Waals surface area contributed by atoms with Gasteiger partial charge in [-0.2, -0.15) is 24.1 Å². The van der Waals surface area contributed by atoms with Crippen LogP contribution in [0.15, 0.2) is 60.9 Å². The molecule has 0 saturated heterocycles. The molecule has 0 aliphatic carbocycles. The lowest BCUT2D eigenvalue weighted by Crippen LogP contribution is -2.26. The molecule has 0 unspecified atom stereocenters. The van der Waals surface area contributed by atoms with E-state index in [4.69, 9.17) is 4.98 Å². The maximum atomic E-state index is 4.75. The Labute approximate surface area is 152 Å². The summed E-state index contributed by atoms with van der Waals surface area (Å²) >= 11 is 0. The number of aromatic nitrogens is 3. The van der Waals surface area contributed by atoms with Gasteiger partial charge in [-0.15, -0.1) is 29.8 Å². The first-order valence-electron chi connectivity index (χ1n) is 9.05. The van der Waals surface area contributed by atoms with E-state index in [1.807, 2.05) is 6.20 Å². The Morgan fingerprint density at radius 3 is 3.00 bits per heavy atom. The highest BCUT2D eigenvalue weighted by atomic mass is 15.0. The van der Waals surface area contributed by atoms with Crippen molar-refractivity contribution >= 4 is 32.8 Å². The number of hydrogen-bond acceptors (Lipinski definition) is 1. The average molecular weight is 338 g/mol. The summed E-state index contributed by atoms with van der Waals surface area (Å²) in [5, 5.41) is 2.44. The molecule has 5 rings (SSSR count). The van der Waals surface area contributed by atoms with Crippen molar-refractivity contribution in [3.8, 4) is 11.1 Å². The molecule has 3 heteroatoms. The predicted molar refractivity (Wildman–Crippen MR) is 105 cm³/mol. The number of rotatable bonds is 3. The van der Waals surface area contributed by atoms with E-state index in [2.05, 4.69) is 84.7 Å². The van der Waals surface area contributed by atoms with Gasteiger partial charge in [-0.1, -0.05) is 31.0 Å². The number of benzene rings is 2. The second kappa shape index (κ2) is 5.67. The van der Waals surface area contributed by atoms with E-state index in [-0.39, 0.29) is 0 Å². The van der Waals surface area contributed by atoms with Gasteiger partial charge in [0.1, 0.15) is 23.6 Å². The van der Waals surface area contributed by atoms with Crippen molar-refractivity contribution in [2.75, 3.05) is 0 Å². The molecule has 0 spiro atoms. The summed E-state index contributed by atoms with van der Waals surface area (Å²) < 4.78 is 2.26. The van der Waals surface area contributed by atoms with Crippen LogP contribution in [-0.4, -0.2) is 4.98 Å². The molecule has 0 atom stereocenters. The molecular formula is C23H20N3-. The molecule has 1 N–H and O–H groups in total. The van der Waals surface area contributed by atoms with Gasteiger partial charge >= 0.3 is 0 Å². The van der Waals surface area contributed by atoms with Crippen LogP contribution in [0.3, 0.4) is 0 Å². The molecule has 3 aromatic heterocycles. The van der Waals surface area contributed by atoms with Crippen LogP contribution in [0, 0.1) is 6.42 Å². The Hall–Kier alpha value is -3.20. The summed E-state index contributed by atoms with van der Waals surface area (Å²) in [5.41, 5.74) is 8.26. The van der Waals surface area contributed by atoms with E-state index in [0.29, 0.717) is 0 Å². The van der Waals surface area contributed by atoms with Gasteiger partial charge in [-0.3, -0.25) is 14.5 Å². The fourth-order valence-electron chi connectivity index (χ4n) is 4.01. The summed E-state index contributed by atoms with van der Waals surface area (Å²) in [6.45, 7) is 2.17. The van der Waals surface area contributed by atoms with Gasteiger partial charge in [0.15, 0.2) is 0 Å². The van der Waals surface area contributed by atoms with Crippen molar-refractivity contribution in [2.24, 2.45) is 7.05 Å². The maximum Gasteiger partial charge on any atom is 0.147 e. The zero-order chi connectivity index (χ0) is 17.7. The third-order valence-electron chi connectivity index (χ3n) is 5.19. The number of H-pyrrole nitrogens is 1. The Bertz CT molecular complexity index is 1260.